The standard InChI is InChI=1S/C14H18N2O3/c1-10-6-12(16-19-10)9-18-14-5-4-13(17-3)7-11(14)8-15-2/h4-7,15H,8-9H2,1-3H3. The van der Waals surface area contributed by atoms with E-state index in [1.54, 1.807) is 7.11 Å². The number of nitrogens with zero attached hydrogens (tertiary/aromatic N) is 1. The van der Waals surface area contributed by atoms with E-state index in [1.807, 2.05) is 38.2 Å². The van der Waals surface area contributed by atoms with Crippen LogP contribution in [-0.4, -0.2) is 19.3 Å². The van der Waals surface area contributed by atoms with Gasteiger partial charge in [-0.2, -0.15) is 0 Å². The molecule has 0 radical (unpaired) electrons. The Morgan fingerprint density at radius 3 is 2.79 bits per heavy atom. The van der Waals surface area contributed by atoms with Crippen molar-refractivity contribution < 1.29 is 14.0 Å². The van der Waals surface area contributed by atoms with E-state index in [-0.39, 0.29) is 0 Å². The van der Waals surface area contributed by atoms with E-state index in [0.29, 0.717) is 13.2 Å². The van der Waals surface area contributed by atoms with Crippen molar-refractivity contribution in [2.45, 2.75) is 20.1 Å². The molecular weight excluding hydrogens is 244 g/mol. The van der Waals surface area contributed by atoms with Crippen LogP contribution in [0.15, 0.2) is 28.8 Å². The van der Waals surface area contributed by atoms with Gasteiger partial charge in [0, 0.05) is 18.2 Å². The molecule has 0 saturated heterocycles. The van der Waals surface area contributed by atoms with Gasteiger partial charge in [0.2, 0.25) is 0 Å². The number of hydrogen-bond donors (Lipinski definition) is 1. The van der Waals surface area contributed by atoms with Crippen molar-refractivity contribution in [1.29, 1.82) is 0 Å². The van der Waals surface area contributed by atoms with Gasteiger partial charge in [0.15, 0.2) is 0 Å². The summed E-state index contributed by atoms with van der Waals surface area (Å²) < 4.78 is 16.0. The minimum absolute atomic E-state index is 0.389. The minimum Gasteiger partial charge on any atom is -0.497 e. The minimum atomic E-state index is 0.389. The monoisotopic (exact) mass is 262 g/mol. The molecule has 1 heterocycles. The maximum Gasteiger partial charge on any atom is 0.134 e. The zero-order valence-electron chi connectivity index (χ0n) is 11.4. The highest BCUT2D eigenvalue weighted by Crippen LogP contribution is 2.24. The molecule has 0 aliphatic rings. The lowest BCUT2D eigenvalue weighted by Gasteiger charge is -2.11. The van der Waals surface area contributed by atoms with Gasteiger partial charge in [0.25, 0.3) is 0 Å². The molecule has 0 bridgehead atoms. The van der Waals surface area contributed by atoms with Crippen LogP contribution in [-0.2, 0) is 13.2 Å². The van der Waals surface area contributed by atoms with Crippen molar-refractivity contribution in [2.24, 2.45) is 0 Å². The molecule has 0 atom stereocenters. The van der Waals surface area contributed by atoms with Crippen LogP contribution in [0.1, 0.15) is 17.0 Å². The largest absolute Gasteiger partial charge is 0.497 e. The molecule has 0 saturated carbocycles. The molecule has 1 N–H and O–H groups in total. The number of ether oxygens (including phenoxy) is 2. The van der Waals surface area contributed by atoms with Gasteiger partial charge in [-0.15, -0.1) is 0 Å². The summed E-state index contributed by atoms with van der Waals surface area (Å²) >= 11 is 0. The summed E-state index contributed by atoms with van der Waals surface area (Å²) in [5.41, 5.74) is 1.82. The highest BCUT2D eigenvalue weighted by Gasteiger charge is 2.07. The van der Waals surface area contributed by atoms with Crippen LogP contribution in [0.5, 0.6) is 11.5 Å². The van der Waals surface area contributed by atoms with Crippen molar-refractivity contribution in [2.75, 3.05) is 14.2 Å². The first kappa shape index (κ1) is 13.4. The van der Waals surface area contributed by atoms with Crippen LogP contribution in [0.3, 0.4) is 0 Å². The molecule has 0 aliphatic heterocycles. The lowest BCUT2D eigenvalue weighted by molar-refractivity contribution is 0.284. The molecule has 0 fully saturated rings. The number of rotatable bonds is 6. The highest BCUT2D eigenvalue weighted by atomic mass is 16.5. The Hall–Kier alpha value is -2.01. The van der Waals surface area contributed by atoms with E-state index in [2.05, 4.69) is 10.5 Å². The summed E-state index contributed by atoms with van der Waals surface area (Å²) in [6.07, 6.45) is 0. The van der Waals surface area contributed by atoms with Gasteiger partial charge < -0.3 is 19.3 Å². The number of hydrogen-bond acceptors (Lipinski definition) is 5. The first-order chi connectivity index (χ1) is 9.22. The molecule has 5 nitrogen and oxygen atoms in total. The summed E-state index contributed by atoms with van der Waals surface area (Å²) in [7, 11) is 3.54. The predicted octanol–water partition coefficient (Wildman–Crippen LogP) is 2.29. The number of benzene rings is 1. The number of methoxy groups -OCH3 is 1. The van der Waals surface area contributed by atoms with Crippen molar-refractivity contribution in [3.63, 3.8) is 0 Å². The molecule has 1 aromatic carbocycles. The zero-order valence-corrected chi connectivity index (χ0v) is 11.4. The summed E-state index contributed by atoms with van der Waals surface area (Å²) in [5.74, 6) is 2.41. The first-order valence-electron chi connectivity index (χ1n) is 6.09. The van der Waals surface area contributed by atoms with Crippen molar-refractivity contribution in [3.8, 4) is 11.5 Å². The molecular formula is C14H18N2O3. The Morgan fingerprint density at radius 1 is 1.32 bits per heavy atom. The second kappa shape index (κ2) is 6.24. The summed E-state index contributed by atoms with van der Waals surface area (Å²) in [6, 6.07) is 7.60. The van der Waals surface area contributed by atoms with Crippen LogP contribution in [0.4, 0.5) is 0 Å². The third kappa shape index (κ3) is 3.48. The van der Waals surface area contributed by atoms with E-state index < -0.39 is 0 Å². The molecule has 0 aliphatic carbocycles. The molecule has 2 rings (SSSR count). The van der Waals surface area contributed by atoms with E-state index in [1.165, 1.54) is 0 Å². The van der Waals surface area contributed by atoms with E-state index in [9.17, 15) is 0 Å². The third-order valence-corrected chi connectivity index (χ3v) is 2.69. The number of aryl methyl sites for hydroxylation is 1. The SMILES string of the molecule is CNCc1cc(OC)ccc1OCc1cc(C)on1. The van der Waals surface area contributed by atoms with E-state index in [4.69, 9.17) is 14.0 Å². The highest BCUT2D eigenvalue weighted by molar-refractivity contribution is 5.40. The Morgan fingerprint density at radius 2 is 2.16 bits per heavy atom. The average molecular weight is 262 g/mol. The fourth-order valence-electron chi connectivity index (χ4n) is 1.79. The topological polar surface area (TPSA) is 56.5 Å². The van der Waals surface area contributed by atoms with Gasteiger partial charge in [-0.05, 0) is 32.2 Å². The third-order valence-electron chi connectivity index (χ3n) is 2.69. The lowest BCUT2D eigenvalue weighted by Crippen LogP contribution is -2.08. The molecule has 5 heteroatoms. The van der Waals surface area contributed by atoms with Crippen LogP contribution < -0.4 is 14.8 Å². The van der Waals surface area contributed by atoms with Crippen LogP contribution in [0.25, 0.3) is 0 Å². The van der Waals surface area contributed by atoms with Gasteiger partial charge >= 0.3 is 0 Å². The van der Waals surface area contributed by atoms with Crippen LogP contribution >= 0.6 is 0 Å². The predicted molar refractivity (Wildman–Crippen MR) is 71.3 cm³/mol. The van der Waals surface area contributed by atoms with Gasteiger partial charge in [0.1, 0.15) is 29.6 Å². The van der Waals surface area contributed by atoms with Crippen molar-refractivity contribution in [3.05, 3.63) is 41.3 Å². The Labute approximate surface area is 112 Å². The quantitative estimate of drug-likeness (QED) is 0.865. The Kier molecular flexibility index (Phi) is 4.41. The molecule has 2 aromatic rings. The van der Waals surface area contributed by atoms with Gasteiger partial charge in [-0.3, -0.25) is 0 Å². The summed E-state index contributed by atoms with van der Waals surface area (Å²) in [5, 5.41) is 7.01. The van der Waals surface area contributed by atoms with Crippen LogP contribution in [0.2, 0.25) is 0 Å². The fourth-order valence-corrected chi connectivity index (χ4v) is 1.79. The maximum atomic E-state index is 5.77. The van der Waals surface area contributed by atoms with E-state index >= 15 is 0 Å². The second-order valence-electron chi connectivity index (χ2n) is 4.22. The van der Waals surface area contributed by atoms with Crippen LogP contribution in [0, 0.1) is 6.92 Å². The number of nitrogens with one attached hydrogen (secondary N) is 1. The molecule has 0 amide bonds. The van der Waals surface area contributed by atoms with Gasteiger partial charge in [0.05, 0.1) is 7.11 Å². The average Bonchev–Trinajstić information content (AvgIpc) is 2.83. The summed E-state index contributed by atoms with van der Waals surface area (Å²) in [4.78, 5) is 0. The van der Waals surface area contributed by atoms with E-state index in [0.717, 1.165) is 28.5 Å². The van der Waals surface area contributed by atoms with Crippen molar-refractivity contribution >= 4 is 0 Å². The molecule has 1 aromatic heterocycles. The molecule has 0 unspecified atom stereocenters. The second-order valence-corrected chi connectivity index (χ2v) is 4.22. The lowest BCUT2D eigenvalue weighted by atomic mass is 10.2. The van der Waals surface area contributed by atoms with Gasteiger partial charge in [-0.1, -0.05) is 5.16 Å². The molecule has 19 heavy (non-hydrogen) atoms. The smallest absolute Gasteiger partial charge is 0.134 e. The first-order valence-corrected chi connectivity index (χ1v) is 6.09. The Balaban J connectivity index is 2.10. The van der Waals surface area contributed by atoms with Crippen molar-refractivity contribution in [1.82, 2.24) is 10.5 Å². The van der Waals surface area contributed by atoms with Gasteiger partial charge in [-0.25, -0.2) is 0 Å². The number of aromatic nitrogens is 1. The molecule has 0 spiro atoms. The summed E-state index contributed by atoms with van der Waals surface area (Å²) in [6.45, 7) is 2.96. The molecule has 102 valence electrons. The maximum absolute atomic E-state index is 5.77. The normalized spacial score (nSPS) is 10.5. The zero-order chi connectivity index (χ0) is 13.7. The fraction of sp³-hybridized carbons (Fsp3) is 0.357. The Bertz CT molecular complexity index is 537.